The van der Waals surface area contributed by atoms with Crippen LogP contribution in [-0.2, 0) is 16.4 Å². The Balaban J connectivity index is 2.21. The van der Waals surface area contributed by atoms with Gasteiger partial charge in [0.05, 0.1) is 12.9 Å². The third kappa shape index (κ3) is 5.46. The Morgan fingerprint density at radius 1 is 1.39 bits per heavy atom. The van der Waals surface area contributed by atoms with E-state index in [1.54, 1.807) is 26.3 Å². The second-order valence-corrected chi connectivity index (χ2v) is 6.45. The lowest BCUT2D eigenvalue weighted by atomic mass is 10.3. The van der Waals surface area contributed by atoms with E-state index in [9.17, 15) is 8.42 Å². The predicted molar refractivity (Wildman–Crippen MR) is 71.4 cm³/mol. The topological polar surface area (TPSA) is 68.3 Å². The van der Waals surface area contributed by atoms with Gasteiger partial charge in [0.1, 0.15) is 9.84 Å². The Labute approximate surface area is 108 Å². The van der Waals surface area contributed by atoms with Gasteiger partial charge in [0.2, 0.25) is 5.88 Å². The van der Waals surface area contributed by atoms with Crippen molar-refractivity contribution in [2.24, 2.45) is 0 Å². The molecule has 0 spiro atoms. The molecule has 0 aliphatic rings. The van der Waals surface area contributed by atoms with Gasteiger partial charge in [0.25, 0.3) is 0 Å². The fourth-order valence-electron chi connectivity index (χ4n) is 1.43. The van der Waals surface area contributed by atoms with Crippen molar-refractivity contribution >= 4 is 9.84 Å². The lowest BCUT2D eigenvalue weighted by molar-refractivity contribution is 0.397. The standard InChI is InChI=1S/C12H20N2O3S/c1-3-18(15,16)8-4-7-13-9-11-5-6-12(17-2)14-10-11/h5-6,10,13H,3-4,7-9H2,1-2H3. The van der Waals surface area contributed by atoms with Gasteiger partial charge in [-0.3, -0.25) is 0 Å². The molecule has 1 aromatic heterocycles. The van der Waals surface area contributed by atoms with Crippen LogP contribution in [-0.4, -0.2) is 38.6 Å². The largest absolute Gasteiger partial charge is 0.481 e. The summed E-state index contributed by atoms with van der Waals surface area (Å²) >= 11 is 0. The van der Waals surface area contributed by atoms with E-state index >= 15 is 0 Å². The molecular formula is C12H20N2O3S. The van der Waals surface area contributed by atoms with Crippen LogP contribution in [0.4, 0.5) is 0 Å². The average Bonchev–Trinajstić information content (AvgIpc) is 2.39. The summed E-state index contributed by atoms with van der Waals surface area (Å²) in [4.78, 5) is 4.09. The molecule has 0 aliphatic carbocycles. The lowest BCUT2D eigenvalue weighted by Crippen LogP contribution is -2.19. The molecule has 0 aromatic carbocycles. The van der Waals surface area contributed by atoms with Crippen LogP contribution in [0.5, 0.6) is 5.88 Å². The van der Waals surface area contributed by atoms with Gasteiger partial charge < -0.3 is 10.1 Å². The molecule has 0 fully saturated rings. The molecule has 0 amide bonds. The van der Waals surface area contributed by atoms with E-state index in [-0.39, 0.29) is 11.5 Å². The summed E-state index contributed by atoms with van der Waals surface area (Å²) in [7, 11) is -1.26. The minimum Gasteiger partial charge on any atom is -0.481 e. The van der Waals surface area contributed by atoms with Crippen LogP contribution in [0.25, 0.3) is 0 Å². The molecule has 5 nitrogen and oxygen atoms in total. The summed E-state index contributed by atoms with van der Waals surface area (Å²) < 4.78 is 27.5. The Morgan fingerprint density at radius 3 is 2.72 bits per heavy atom. The van der Waals surface area contributed by atoms with Gasteiger partial charge in [-0.1, -0.05) is 13.0 Å². The number of nitrogens with zero attached hydrogens (tertiary/aromatic N) is 1. The van der Waals surface area contributed by atoms with Crippen molar-refractivity contribution in [1.29, 1.82) is 0 Å². The van der Waals surface area contributed by atoms with Gasteiger partial charge >= 0.3 is 0 Å². The van der Waals surface area contributed by atoms with E-state index < -0.39 is 9.84 Å². The third-order valence-corrected chi connectivity index (χ3v) is 4.37. The first kappa shape index (κ1) is 14.9. The first-order valence-electron chi connectivity index (χ1n) is 5.97. The van der Waals surface area contributed by atoms with E-state index in [2.05, 4.69) is 10.3 Å². The fourth-order valence-corrected chi connectivity index (χ4v) is 2.30. The molecule has 1 N–H and O–H groups in total. The van der Waals surface area contributed by atoms with Crippen molar-refractivity contribution in [3.63, 3.8) is 0 Å². The summed E-state index contributed by atoms with van der Waals surface area (Å²) in [5, 5.41) is 3.19. The number of hydrogen-bond acceptors (Lipinski definition) is 5. The molecule has 1 aromatic rings. The van der Waals surface area contributed by atoms with Crippen LogP contribution in [0.15, 0.2) is 18.3 Å². The number of methoxy groups -OCH3 is 1. The van der Waals surface area contributed by atoms with Crippen LogP contribution >= 0.6 is 0 Å². The number of ether oxygens (including phenoxy) is 1. The minimum absolute atomic E-state index is 0.218. The van der Waals surface area contributed by atoms with Crippen molar-refractivity contribution in [3.05, 3.63) is 23.9 Å². The van der Waals surface area contributed by atoms with Gasteiger partial charge in [-0.25, -0.2) is 13.4 Å². The van der Waals surface area contributed by atoms with Gasteiger partial charge in [0, 0.05) is 24.6 Å². The second kappa shape index (κ2) is 7.33. The van der Waals surface area contributed by atoms with Crippen LogP contribution in [0.1, 0.15) is 18.9 Å². The van der Waals surface area contributed by atoms with E-state index in [0.717, 1.165) is 5.56 Å². The van der Waals surface area contributed by atoms with Gasteiger partial charge in [-0.2, -0.15) is 0 Å². The van der Waals surface area contributed by atoms with Crippen molar-refractivity contribution < 1.29 is 13.2 Å². The molecule has 0 aliphatic heterocycles. The Bertz CT molecular complexity index is 443. The van der Waals surface area contributed by atoms with Crippen molar-refractivity contribution in [3.8, 4) is 5.88 Å². The first-order valence-corrected chi connectivity index (χ1v) is 7.79. The summed E-state index contributed by atoms with van der Waals surface area (Å²) in [6.07, 6.45) is 2.38. The number of nitrogens with one attached hydrogen (secondary N) is 1. The predicted octanol–water partition coefficient (Wildman–Crippen LogP) is 1.00. The van der Waals surface area contributed by atoms with Crippen LogP contribution in [0.3, 0.4) is 0 Å². The molecule has 6 heteroatoms. The van der Waals surface area contributed by atoms with Gasteiger partial charge in [0.15, 0.2) is 0 Å². The van der Waals surface area contributed by atoms with Gasteiger partial charge in [-0.05, 0) is 18.5 Å². The zero-order chi connectivity index (χ0) is 13.4. The quantitative estimate of drug-likeness (QED) is 0.715. The highest BCUT2D eigenvalue weighted by Gasteiger charge is 2.05. The Morgan fingerprint density at radius 2 is 2.17 bits per heavy atom. The maximum Gasteiger partial charge on any atom is 0.212 e. The highest BCUT2D eigenvalue weighted by Crippen LogP contribution is 2.06. The second-order valence-electron chi connectivity index (χ2n) is 3.98. The van der Waals surface area contributed by atoms with Crippen LogP contribution < -0.4 is 10.1 Å². The molecule has 0 unspecified atom stereocenters. The molecule has 18 heavy (non-hydrogen) atoms. The number of hydrogen-bond donors (Lipinski definition) is 1. The third-order valence-electron chi connectivity index (χ3n) is 2.58. The fraction of sp³-hybridized carbons (Fsp3) is 0.583. The number of pyridine rings is 1. The maximum absolute atomic E-state index is 11.3. The average molecular weight is 272 g/mol. The smallest absolute Gasteiger partial charge is 0.212 e. The molecule has 0 saturated heterocycles. The number of sulfone groups is 1. The summed E-state index contributed by atoms with van der Waals surface area (Å²) in [5.74, 6) is 1.06. The summed E-state index contributed by atoms with van der Waals surface area (Å²) in [6.45, 7) is 3.04. The van der Waals surface area contributed by atoms with Crippen molar-refractivity contribution in [2.75, 3.05) is 25.2 Å². The Hall–Kier alpha value is -1.14. The van der Waals surface area contributed by atoms with Gasteiger partial charge in [-0.15, -0.1) is 0 Å². The van der Waals surface area contributed by atoms with Crippen LogP contribution in [0.2, 0.25) is 0 Å². The number of aromatic nitrogens is 1. The Kier molecular flexibility index (Phi) is 6.07. The highest BCUT2D eigenvalue weighted by atomic mass is 32.2. The zero-order valence-electron chi connectivity index (χ0n) is 10.8. The zero-order valence-corrected chi connectivity index (χ0v) is 11.7. The maximum atomic E-state index is 11.3. The van der Waals surface area contributed by atoms with E-state index in [1.807, 2.05) is 6.07 Å². The highest BCUT2D eigenvalue weighted by molar-refractivity contribution is 7.91. The molecule has 0 atom stereocenters. The molecule has 0 radical (unpaired) electrons. The summed E-state index contributed by atoms with van der Waals surface area (Å²) in [5.41, 5.74) is 1.05. The minimum atomic E-state index is -2.84. The van der Waals surface area contributed by atoms with Crippen molar-refractivity contribution in [2.45, 2.75) is 19.9 Å². The van der Waals surface area contributed by atoms with E-state index in [0.29, 0.717) is 25.4 Å². The SMILES string of the molecule is CCS(=O)(=O)CCCNCc1ccc(OC)nc1. The molecule has 0 bridgehead atoms. The lowest BCUT2D eigenvalue weighted by Gasteiger charge is -2.05. The van der Waals surface area contributed by atoms with E-state index in [4.69, 9.17) is 4.74 Å². The molecular weight excluding hydrogens is 252 g/mol. The number of rotatable bonds is 8. The molecule has 1 rings (SSSR count). The molecule has 102 valence electrons. The van der Waals surface area contributed by atoms with Crippen LogP contribution in [0, 0.1) is 0 Å². The molecule has 1 heterocycles. The first-order chi connectivity index (χ1) is 8.57. The molecule has 0 saturated carbocycles. The van der Waals surface area contributed by atoms with Crippen molar-refractivity contribution in [1.82, 2.24) is 10.3 Å². The van der Waals surface area contributed by atoms with E-state index in [1.165, 1.54) is 0 Å². The normalized spacial score (nSPS) is 11.4. The summed E-state index contributed by atoms with van der Waals surface area (Å²) in [6, 6.07) is 3.74. The monoisotopic (exact) mass is 272 g/mol.